The van der Waals surface area contributed by atoms with Crippen LogP contribution in [0.2, 0.25) is 0 Å². The van der Waals surface area contributed by atoms with Crippen molar-refractivity contribution in [2.45, 2.75) is 108 Å². The van der Waals surface area contributed by atoms with Crippen LogP contribution in [0.5, 0.6) is 0 Å². The van der Waals surface area contributed by atoms with Gasteiger partial charge in [-0.1, -0.05) is 121 Å². The average Bonchev–Trinajstić information content (AvgIpc) is 1.65. The third-order valence-electron chi connectivity index (χ3n) is 22.3. The van der Waals surface area contributed by atoms with Crippen LogP contribution in [0.1, 0.15) is 150 Å². The van der Waals surface area contributed by atoms with E-state index < -0.39 is 17.8 Å². The third-order valence-corrected chi connectivity index (χ3v) is 22.3. The number of carboxylic acid groups (broad SMARTS) is 1. The standard InChI is InChI=1S/C23H24N2O4.C22H23N3O3.C22H22N2O4.C14H17N3O.C12H17NO4/c1-28-22(26)19-8-7-18-9-14-25(21(18)15-19)20-10-12-24(13-11-20)23(27)29-16-17-5-3-2-4-6-17;23-21(26)18-7-6-17-8-13-25(20(17)14-18)19-9-11-24(12-10-19)22(27)28-15-16-4-2-1-3-5-16;25-21(26)18-7-6-17-8-13-24(20(17)14-18)19-9-11-23(12-10-19)22(27)28-15-16-4-2-1-3-5-16;15-14(18)11-2-1-10-5-8-17(13(10)9-11)12-3-6-16-7-4-12;1-15-11(16-2)7-8-4-5-9(6-10(8)13)12(14)17-3/h2-9,14-15,20H,10-13,16H2,1H3;1-8,13-14,19H,9-12,15H2,(H2,23,26);1-8,13-14,19H,9-12,15H2,(H,25,26);1-2,5,8-9,12,16H,3-4,6-7H2,(H2,15,18);4-6,11H,7,13H2,1-3H3. The second-order valence-corrected chi connectivity index (χ2v) is 29.8. The maximum Gasteiger partial charge on any atom is 0.410 e. The molecule has 8 heterocycles. The number of aromatic carboxylic acids is 1. The first-order valence-corrected chi connectivity index (χ1v) is 40.2. The number of anilines is 1. The summed E-state index contributed by atoms with van der Waals surface area (Å²) in [6, 6.07) is 65.5. The van der Waals surface area contributed by atoms with Crippen molar-refractivity contribution in [3.63, 3.8) is 0 Å². The number of amides is 5. The molecular weight excluding hydrogens is 1530 g/mol. The van der Waals surface area contributed by atoms with Crippen molar-refractivity contribution in [3.05, 3.63) is 281 Å². The van der Waals surface area contributed by atoms with Gasteiger partial charge in [0.1, 0.15) is 19.8 Å². The van der Waals surface area contributed by atoms with Gasteiger partial charge >= 0.3 is 36.2 Å². The van der Waals surface area contributed by atoms with E-state index in [-0.39, 0.29) is 80.0 Å². The summed E-state index contributed by atoms with van der Waals surface area (Å²) in [4.78, 5) is 99.5. The highest BCUT2D eigenvalue weighted by Crippen LogP contribution is 2.34. The molecule has 0 saturated carbocycles. The van der Waals surface area contributed by atoms with Crippen LogP contribution in [0.15, 0.2) is 231 Å². The molecule has 27 nitrogen and oxygen atoms in total. The maximum absolute atomic E-state index is 12.4. The number of carboxylic acids is 1. The number of hydrogen-bond acceptors (Lipinski definition) is 17. The average molecular weight is 1630 g/mol. The first-order chi connectivity index (χ1) is 58.3. The molecule has 4 aromatic heterocycles. The fourth-order valence-corrected chi connectivity index (χ4v) is 15.5. The minimum Gasteiger partial charge on any atom is -0.478 e. The van der Waals surface area contributed by atoms with Crippen molar-refractivity contribution in [2.24, 2.45) is 11.5 Å². The number of piperidine rings is 4. The van der Waals surface area contributed by atoms with Crippen LogP contribution in [-0.4, -0.2) is 173 Å². The Labute approximate surface area is 695 Å². The summed E-state index contributed by atoms with van der Waals surface area (Å²) in [6.07, 6.45) is 14.8. The van der Waals surface area contributed by atoms with Gasteiger partial charge in [0.25, 0.3) is 0 Å². The zero-order valence-corrected chi connectivity index (χ0v) is 67.9. The highest BCUT2D eigenvalue weighted by molar-refractivity contribution is 5.99. The van der Waals surface area contributed by atoms with Crippen molar-refractivity contribution in [3.8, 4) is 0 Å². The lowest BCUT2D eigenvalue weighted by molar-refractivity contribution is -0.100. The molecule has 27 heteroatoms. The number of nitrogens with zero attached hydrogens (tertiary/aromatic N) is 7. The fourth-order valence-electron chi connectivity index (χ4n) is 15.5. The summed E-state index contributed by atoms with van der Waals surface area (Å²) >= 11 is 0. The lowest BCUT2D eigenvalue weighted by Gasteiger charge is -2.32. The zero-order valence-electron chi connectivity index (χ0n) is 67.9. The molecule has 4 aliphatic rings. The topological polar surface area (TPSA) is 341 Å². The molecular formula is C93H103N11O16. The number of fused-ring (bicyclic) bond motifs is 4. The largest absolute Gasteiger partial charge is 0.478 e. The molecule has 0 radical (unpaired) electrons. The van der Waals surface area contributed by atoms with Gasteiger partial charge in [0.2, 0.25) is 11.8 Å². The minimum absolute atomic E-state index is 0.236. The third kappa shape index (κ3) is 22.3. The molecule has 0 atom stereocenters. The number of benzene rings is 8. The number of nitrogens with two attached hydrogens (primary N) is 3. The first-order valence-electron chi connectivity index (χ1n) is 40.2. The summed E-state index contributed by atoms with van der Waals surface area (Å²) in [5.41, 5.74) is 27.3. The zero-order chi connectivity index (χ0) is 84.6. The van der Waals surface area contributed by atoms with E-state index in [1.165, 1.54) is 19.6 Å². The molecule has 4 saturated heterocycles. The summed E-state index contributed by atoms with van der Waals surface area (Å²) in [6.45, 7) is 6.80. The van der Waals surface area contributed by atoms with Gasteiger partial charge in [0, 0.05) is 148 Å². The predicted octanol–water partition coefficient (Wildman–Crippen LogP) is 15.3. The van der Waals surface area contributed by atoms with Crippen LogP contribution in [0, 0.1) is 0 Å². The van der Waals surface area contributed by atoms with E-state index in [0.29, 0.717) is 79.7 Å². The van der Waals surface area contributed by atoms with Crippen LogP contribution >= 0.6 is 0 Å². The molecule has 8 N–H and O–H groups in total. The molecule has 0 bridgehead atoms. The number of nitrogen functional groups attached to an aromatic ring is 1. The Hall–Kier alpha value is -13.2. The van der Waals surface area contributed by atoms with Gasteiger partial charge in [-0.25, -0.2) is 28.8 Å². The van der Waals surface area contributed by atoms with Gasteiger partial charge in [0.05, 0.1) is 30.9 Å². The number of ether oxygens (including phenoxy) is 7. The number of esters is 2. The molecule has 120 heavy (non-hydrogen) atoms. The smallest absolute Gasteiger partial charge is 0.410 e. The second kappa shape index (κ2) is 41.7. The van der Waals surface area contributed by atoms with E-state index in [9.17, 15) is 43.5 Å². The SMILES string of the molecule is COC(=O)c1ccc(CC(OC)OC)c(N)c1.COC(=O)c1ccc2ccn(C3CCN(C(=O)OCc4ccccc4)CC3)c2c1.NC(=O)c1ccc2ccn(C3CCN(C(=O)OCc4ccccc4)CC3)c2c1.NC(=O)c1ccc2ccn(C3CCNCC3)c2c1.O=C(O)c1ccc2ccn(C3CCN(C(=O)OCc4ccccc4)CC3)c2c1. The first kappa shape index (κ1) is 86.1. The van der Waals surface area contributed by atoms with Gasteiger partial charge in [-0.15, -0.1) is 0 Å². The van der Waals surface area contributed by atoms with Gasteiger partial charge in [-0.3, -0.25) is 9.59 Å². The number of nitrogens with one attached hydrogen (secondary N) is 1. The van der Waals surface area contributed by atoms with Crippen molar-refractivity contribution < 1.29 is 76.6 Å². The van der Waals surface area contributed by atoms with Gasteiger partial charge in [-0.2, -0.15) is 0 Å². The van der Waals surface area contributed by atoms with Crippen LogP contribution in [0.4, 0.5) is 20.1 Å². The molecule has 626 valence electrons. The summed E-state index contributed by atoms with van der Waals surface area (Å²) in [7, 11) is 5.84. The highest BCUT2D eigenvalue weighted by atomic mass is 16.7. The van der Waals surface area contributed by atoms with Crippen molar-refractivity contribution in [2.75, 3.05) is 86.5 Å². The molecule has 5 amide bonds. The number of primary amides is 2. The molecule has 0 spiro atoms. The number of methoxy groups -OCH3 is 4. The van der Waals surface area contributed by atoms with E-state index in [4.69, 9.17) is 45.6 Å². The minimum atomic E-state index is -0.925. The number of carbonyl (C=O) groups excluding carboxylic acids is 7. The number of aromatic nitrogens is 4. The highest BCUT2D eigenvalue weighted by Gasteiger charge is 2.30. The Morgan fingerprint density at radius 1 is 0.383 bits per heavy atom. The van der Waals surface area contributed by atoms with Crippen molar-refractivity contribution >= 4 is 97.3 Å². The Kier molecular flexibility index (Phi) is 30.0. The monoisotopic (exact) mass is 1630 g/mol. The van der Waals surface area contributed by atoms with E-state index in [1.807, 2.05) is 158 Å². The van der Waals surface area contributed by atoms with Gasteiger partial charge < -0.3 is 93.8 Å². The lowest BCUT2D eigenvalue weighted by Crippen LogP contribution is -2.39. The molecule has 12 aromatic rings. The molecule has 8 aromatic carbocycles. The number of rotatable bonds is 19. The molecule has 16 rings (SSSR count). The van der Waals surface area contributed by atoms with E-state index >= 15 is 0 Å². The maximum atomic E-state index is 12.4. The molecule has 4 fully saturated rings. The van der Waals surface area contributed by atoms with Crippen molar-refractivity contribution in [1.82, 2.24) is 38.3 Å². The van der Waals surface area contributed by atoms with Crippen LogP contribution in [0.3, 0.4) is 0 Å². The van der Waals surface area contributed by atoms with E-state index in [1.54, 1.807) is 77.5 Å². The number of hydrogen-bond donors (Lipinski definition) is 5. The Bertz CT molecular complexity index is 5320. The lowest BCUT2D eigenvalue weighted by atomic mass is 10.0. The normalized spacial score (nSPS) is 14.6. The van der Waals surface area contributed by atoms with Crippen LogP contribution in [-0.2, 0) is 59.4 Å². The number of carbonyl (C=O) groups is 8. The summed E-state index contributed by atoms with van der Waals surface area (Å²) < 4.78 is 44.7. The van der Waals surface area contributed by atoms with Crippen LogP contribution in [0.25, 0.3) is 43.6 Å². The second-order valence-electron chi connectivity index (χ2n) is 29.8. The Morgan fingerprint density at radius 3 is 1.00 bits per heavy atom. The van der Waals surface area contributed by atoms with Crippen LogP contribution < -0.4 is 22.5 Å². The molecule has 0 aliphatic carbocycles. The van der Waals surface area contributed by atoms with Crippen molar-refractivity contribution in [1.29, 1.82) is 0 Å². The summed E-state index contributed by atoms with van der Waals surface area (Å²) in [5.74, 6) is -2.46. The van der Waals surface area contributed by atoms with E-state index in [0.717, 1.165) is 125 Å². The Morgan fingerprint density at radius 2 is 0.683 bits per heavy atom. The van der Waals surface area contributed by atoms with Gasteiger partial charge in [-0.05, 0) is 193 Å². The van der Waals surface area contributed by atoms with E-state index in [2.05, 4.69) is 52.8 Å². The molecule has 4 aliphatic heterocycles. The Balaban J connectivity index is 0.000000140. The quantitative estimate of drug-likeness (QED) is 0.0217. The summed E-state index contributed by atoms with van der Waals surface area (Å²) in [5, 5.41) is 17.0. The number of likely N-dealkylation sites (tertiary alicyclic amines) is 3. The predicted molar refractivity (Wildman–Crippen MR) is 457 cm³/mol. The van der Waals surface area contributed by atoms with Gasteiger partial charge in [0.15, 0.2) is 6.29 Å². The molecule has 0 unspecified atom stereocenters. The fraction of sp³-hybridized carbons (Fsp3) is 0.312.